The molecule has 20 heavy (non-hydrogen) atoms. The van der Waals surface area contributed by atoms with Gasteiger partial charge in [-0.15, -0.1) is 0 Å². The highest BCUT2D eigenvalue weighted by Gasteiger charge is 2.20. The second kappa shape index (κ2) is 6.88. The van der Waals surface area contributed by atoms with Gasteiger partial charge >= 0.3 is 0 Å². The summed E-state index contributed by atoms with van der Waals surface area (Å²) in [6.45, 7) is 3.85. The number of carbonyl (C=O) groups is 1. The van der Waals surface area contributed by atoms with Gasteiger partial charge in [-0.25, -0.2) is 8.78 Å². The van der Waals surface area contributed by atoms with Crippen LogP contribution in [-0.2, 0) is 0 Å². The van der Waals surface area contributed by atoms with E-state index >= 15 is 0 Å². The zero-order valence-electron chi connectivity index (χ0n) is 11.2. The maximum atomic E-state index is 13.5. The average Bonchev–Trinajstić information content (AvgIpc) is 2.41. The first-order chi connectivity index (χ1) is 9.60. The Morgan fingerprint density at radius 3 is 2.40 bits per heavy atom. The van der Waals surface area contributed by atoms with Crippen molar-refractivity contribution >= 4 is 5.78 Å². The average molecular weight is 284 g/mol. The minimum Gasteiger partial charge on any atom is -0.395 e. The van der Waals surface area contributed by atoms with E-state index in [2.05, 4.69) is 4.90 Å². The molecular formula is C14H18F2N2O2. The summed E-state index contributed by atoms with van der Waals surface area (Å²) < 4.78 is 26.3. The Hall–Kier alpha value is -1.37. The predicted octanol–water partition coefficient (Wildman–Crippen LogP) is 0.757. The molecule has 1 aromatic rings. The topological polar surface area (TPSA) is 43.8 Å². The summed E-state index contributed by atoms with van der Waals surface area (Å²) in [5.74, 6) is -1.83. The highest BCUT2D eigenvalue weighted by Crippen LogP contribution is 2.11. The van der Waals surface area contributed by atoms with Gasteiger partial charge in [-0.2, -0.15) is 0 Å². The molecule has 1 heterocycles. The van der Waals surface area contributed by atoms with Crippen molar-refractivity contribution in [3.63, 3.8) is 0 Å². The number of rotatable bonds is 5. The highest BCUT2D eigenvalue weighted by atomic mass is 19.1. The lowest BCUT2D eigenvalue weighted by Gasteiger charge is -2.33. The monoisotopic (exact) mass is 284 g/mol. The molecule has 0 spiro atoms. The second-order valence-electron chi connectivity index (χ2n) is 4.89. The van der Waals surface area contributed by atoms with Crippen molar-refractivity contribution in [3.05, 3.63) is 35.4 Å². The lowest BCUT2D eigenvalue weighted by Crippen LogP contribution is -2.48. The Balaban J connectivity index is 1.89. The van der Waals surface area contributed by atoms with Gasteiger partial charge in [-0.3, -0.25) is 14.6 Å². The third kappa shape index (κ3) is 3.82. The molecule has 0 aromatic heterocycles. The first-order valence-corrected chi connectivity index (χ1v) is 6.64. The number of hydrogen-bond donors (Lipinski definition) is 1. The summed E-state index contributed by atoms with van der Waals surface area (Å²) in [5, 5.41) is 8.85. The van der Waals surface area contributed by atoms with Crippen LogP contribution in [0.2, 0.25) is 0 Å². The van der Waals surface area contributed by atoms with E-state index in [4.69, 9.17) is 5.11 Å². The Bertz CT molecular complexity index is 474. The van der Waals surface area contributed by atoms with Gasteiger partial charge in [-0.1, -0.05) is 0 Å². The lowest BCUT2D eigenvalue weighted by molar-refractivity contribution is 0.0819. The normalized spacial score (nSPS) is 17.4. The van der Waals surface area contributed by atoms with E-state index in [9.17, 15) is 13.6 Å². The van der Waals surface area contributed by atoms with Crippen LogP contribution in [0.25, 0.3) is 0 Å². The molecule has 1 aliphatic heterocycles. The standard InChI is InChI=1S/C14H18F2N2O2/c15-11-1-2-12(13(16)9-11)14(20)10-18-5-3-17(4-6-18)7-8-19/h1-2,9,19H,3-8,10H2. The SMILES string of the molecule is O=C(CN1CCN(CCO)CC1)c1ccc(F)cc1F. The first kappa shape index (κ1) is 15.0. The minimum absolute atomic E-state index is 0.0656. The molecule has 2 rings (SSSR count). The largest absolute Gasteiger partial charge is 0.395 e. The molecule has 0 radical (unpaired) electrons. The molecule has 0 atom stereocenters. The zero-order chi connectivity index (χ0) is 14.5. The number of aliphatic hydroxyl groups is 1. The third-order valence-electron chi connectivity index (χ3n) is 3.48. The first-order valence-electron chi connectivity index (χ1n) is 6.64. The molecule has 0 amide bonds. The van der Waals surface area contributed by atoms with Crippen molar-refractivity contribution in [2.75, 3.05) is 45.9 Å². The molecule has 0 bridgehead atoms. The summed E-state index contributed by atoms with van der Waals surface area (Å²) in [4.78, 5) is 16.0. The number of ketones is 1. The van der Waals surface area contributed by atoms with Gasteiger partial charge in [0.1, 0.15) is 11.6 Å². The van der Waals surface area contributed by atoms with Gasteiger partial charge in [0.2, 0.25) is 0 Å². The number of halogens is 2. The van der Waals surface area contributed by atoms with Crippen molar-refractivity contribution in [2.24, 2.45) is 0 Å². The smallest absolute Gasteiger partial charge is 0.179 e. The van der Waals surface area contributed by atoms with E-state index < -0.39 is 11.6 Å². The van der Waals surface area contributed by atoms with Crippen LogP contribution in [0.1, 0.15) is 10.4 Å². The molecule has 1 fully saturated rings. The molecule has 1 aromatic carbocycles. The van der Waals surface area contributed by atoms with Gasteiger partial charge in [0, 0.05) is 38.8 Å². The van der Waals surface area contributed by atoms with Crippen LogP contribution in [0.3, 0.4) is 0 Å². The zero-order valence-corrected chi connectivity index (χ0v) is 11.2. The fourth-order valence-electron chi connectivity index (χ4n) is 2.32. The molecule has 1 N–H and O–H groups in total. The van der Waals surface area contributed by atoms with Gasteiger partial charge in [0.05, 0.1) is 18.7 Å². The minimum atomic E-state index is -0.811. The van der Waals surface area contributed by atoms with Crippen LogP contribution in [0.15, 0.2) is 18.2 Å². The van der Waals surface area contributed by atoms with Gasteiger partial charge in [-0.05, 0) is 12.1 Å². The van der Waals surface area contributed by atoms with Gasteiger partial charge < -0.3 is 5.11 Å². The van der Waals surface area contributed by atoms with Crippen LogP contribution in [0.5, 0.6) is 0 Å². The fraction of sp³-hybridized carbons (Fsp3) is 0.500. The maximum absolute atomic E-state index is 13.5. The molecule has 0 unspecified atom stereocenters. The van der Waals surface area contributed by atoms with E-state index in [1.165, 1.54) is 6.07 Å². The van der Waals surface area contributed by atoms with Gasteiger partial charge in [0.25, 0.3) is 0 Å². The second-order valence-corrected chi connectivity index (χ2v) is 4.89. The van der Waals surface area contributed by atoms with Crippen LogP contribution in [-0.4, -0.2) is 66.6 Å². The molecule has 110 valence electrons. The number of hydrogen-bond acceptors (Lipinski definition) is 4. The lowest BCUT2D eigenvalue weighted by atomic mass is 10.1. The van der Waals surface area contributed by atoms with E-state index in [1.807, 2.05) is 4.90 Å². The third-order valence-corrected chi connectivity index (χ3v) is 3.48. The predicted molar refractivity (Wildman–Crippen MR) is 70.7 cm³/mol. The van der Waals surface area contributed by atoms with Crippen molar-refractivity contribution in [2.45, 2.75) is 0 Å². The Labute approximate surface area is 116 Å². The van der Waals surface area contributed by atoms with E-state index in [0.717, 1.165) is 25.2 Å². The number of aliphatic hydroxyl groups excluding tert-OH is 1. The van der Waals surface area contributed by atoms with Crippen molar-refractivity contribution < 1.29 is 18.7 Å². The van der Waals surface area contributed by atoms with E-state index in [-0.39, 0.29) is 24.5 Å². The van der Waals surface area contributed by atoms with Crippen molar-refractivity contribution in [3.8, 4) is 0 Å². The molecule has 1 saturated heterocycles. The number of β-amino-alcohol motifs (C(OH)–C–C–N with tert-alkyl or cyclic N) is 1. The van der Waals surface area contributed by atoms with Crippen LogP contribution < -0.4 is 0 Å². The molecule has 6 heteroatoms. The van der Waals surface area contributed by atoms with Crippen LogP contribution >= 0.6 is 0 Å². The van der Waals surface area contributed by atoms with E-state index in [0.29, 0.717) is 19.6 Å². The molecule has 1 aliphatic rings. The Morgan fingerprint density at radius 2 is 1.80 bits per heavy atom. The number of Topliss-reactive ketones (excluding diaryl/α,β-unsaturated/α-hetero) is 1. The number of nitrogens with zero attached hydrogens (tertiary/aromatic N) is 2. The van der Waals surface area contributed by atoms with Crippen molar-refractivity contribution in [1.29, 1.82) is 0 Å². The van der Waals surface area contributed by atoms with Crippen LogP contribution in [0.4, 0.5) is 8.78 Å². The Kier molecular flexibility index (Phi) is 5.17. The van der Waals surface area contributed by atoms with E-state index in [1.54, 1.807) is 0 Å². The summed E-state index contributed by atoms with van der Waals surface area (Å²) in [6, 6.07) is 3.01. The summed E-state index contributed by atoms with van der Waals surface area (Å²) in [6.07, 6.45) is 0. The van der Waals surface area contributed by atoms with Crippen molar-refractivity contribution in [1.82, 2.24) is 9.80 Å². The summed E-state index contributed by atoms with van der Waals surface area (Å²) >= 11 is 0. The highest BCUT2D eigenvalue weighted by molar-refractivity contribution is 5.97. The Morgan fingerprint density at radius 1 is 1.15 bits per heavy atom. The summed E-state index contributed by atoms with van der Waals surface area (Å²) in [7, 11) is 0. The molecule has 0 aliphatic carbocycles. The van der Waals surface area contributed by atoms with Gasteiger partial charge in [0.15, 0.2) is 5.78 Å². The molecule has 4 nitrogen and oxygen atoms in total. The number of benzene rings is 1. The number of carbonyl (C=O) groups excluding carboxylic acids is 1. The quantitative estimate of drug-likeness (QED) is 0.811. The van der Waals surface area contributed by atoms with Crippen LogP contribution in [0, 0.1) is 11.6 Å². The number of piperazine rings is 1. The maximum Gasteiger partial charge on any atom is 0.179 e. The molecular weight excluding hydrogens is 266 g/mol. The fourth-order valence-corrected chi connectivity index (χ4v) is 2.32. The summed E-state index contributed by atoms with van der Waals surface area (Å²) in [5.41, 5.74) is -0.0656. The molecule has 0 saturated carbocycles.